The van der Waals surface area contributed by atoms with Gasteiger partial charge in [-0.15, -0.1) is 0 Å². The maximum Gasteiger partial charge on any atom is 0.348 e. The second-order valence-corrected chi connectivity index (χ2v) is 12.4. The number of hydrogen-bond acceptors (Lipinski definition) is 13. The molecule has 0 radical (unpaired) electrons. The number of carbonyl (C=O) groups excluding carboxylic acids is 5. The van der Waals surface area contributed by atoms with Gasteiger partial charge < -0.3 is 38.6 Å². The van der Waals surface area contributed by atoms with Crippen molar-refractivity contribution in [1.29, 1.82) is 0 Å². The second kappa shape index (κ2) is 10.2. The number of ketones is 1. The van der Waals surface area contributed by atoms with Crippen molar-refractivity contribution in [3.63, 3.8) is 0 Å². The summed E-state index contributed by atoms with van der Waals surface area (Å²) in [5.74, 6) is -6.70. The highest BCUT2D eigenvalue weighted by molar-refractivity contribution is 5.96. The zero-order valence-corrected chi connectivity index (χ0v) is 24.3. The van der Waals surface area contributed by atoms with Gasteiger partial charge in [0, 0.05) is 23.8 Å². The van der Waals surface area contributed by atoms with Crippen molar-refractivity contribution >= 4 is 29.7 Å². The van der Waals surface area contributed by atoms with E-state index in [4.69, 9.17) is 23.7 Å². The molecule has 0 aromatic heterocycles. The molecular weight excluding hydrogens is 556 g/mol. The summed E-state index contributed by atoms with van der Waals surface area (Å²) in [5, 5.41) is 23.5. The van der Waals surface area contributed by atoms with Crippen molar-refractivity contribution in [3.8, 4) is 0 Å². The Morgan fingerprint density at radius 2 is 1.79 bits per heavy atom. The van der Waals surface area contributed by atoms with Crippen LogP contribution in [0.1, 0.15) is 40.5 Å². The Labute approximate surface area is 242 Å². The predicted octanol–water partition coefficient (Wildman–Crippen LogP) is 0.149. The molecule has 3 aliphatic carbocycles. The van der Waals surface area contributed by atoms with Crippen molar-refractivity contribution in [3.05, 3.63) is 23.0 Å². The normalized spacial score (nSPS) is 41.6. The quantitative estimate of drug-likeness (QED) is 0.242. The molecule has 2 aliphatic heterocycles. The number of carbonyl (C=O) groups is 5. The summed E-state index contributed by atoms with van der Waals surface area (Å²) < 4.78 is 32.9. The highest BCUT2D eigenvalue weighted by Crippen LogP contribution is 2.72. The molecule has 10 atom stereocenters. The molecular formula is C29H36O13. The standard InChI is InChI=1S/C29H36O13/c1-12(2)7-17(31)42-21-23-28-11-40-29(23,26(36)38-6)24(34)19(33)22(28)27(4)9-15(30)20(39-10-18(32)37-5)13(3)14(27)8-16(28)41-25(21)35/h7,14,16,19,21-24,33-34H,8-11H2,1-6H3/t14-,16+,19+,21+,22?,23+,24-,27-,28+,29-/m0/s1. The predicted molar refractivity (Wildman–Crippen MR) is 138 cm³/mol. The minimum absolute atomic E-state index is 0.0107. The summed E-state index contributed by atoms with van der Waals surface area (Å²) in [6.07, 6.45) is -4.99. The Bertz CT molecular complexity index is 1300. The third kappa shape index (κ3) is 3.89. The average Bonchev–Trinajstić information content (AvgIpc) is 3.22. The Balaban J connectivity index is 1.67. The van der Waals surface area contributed by atoms with E-state index >= 15 is 0 Å². The molecule has 2 bridgehead atoms. The Hall–Kier alpha value is -3.29. The number of methoxy groups -OCH3 is 2. The zero-order valence-electron chi connectivity index (χ0n) is 24.3. The molecule has 0 aromatic carbocycles. The van der Waals surface area contributed by atoms with Gasteiger partial charge in [0.1, 0.15) is 12.2 Å². The molecule has 0 aromatic rings. The number of fused-ring (bicyclic) bond motifs is 2. The molecule has 230 valence electrons. The molecule has 42 heavy (non-hydrogen) atoms. The first-order valence-electron chi connectivity index (χ1n) is 13.8. The third-order valence-electron chi connectivity index (χ3n) is 10.0. The Morgan fingerprint density at radius 3 is 2.40 bits per heavy atom. The van der Waals surface area contributed by atoms with Crippen molar-refractivity contribution in [2.45, 2.75) is 70.6 Å². The maximum absolute atomic E-state index is 13.6. The molecule has 0 amide bonds. The lowest BCUT2D eigenvalue weighted by Crippen LogP contribution is -2.79. The number of esters is 4. The van der Waals surface area contributed by atoms with E-state index in [0.717, 1.165) is 7.11 Å². The second-order valence-electron chi connectivity index (χ2n) is 12.4. The van der Waals surface area contributed by atoms with Gasteiger partial charge in [-0.1, -0.05) is 12.5 Å². The van der Waals surface area contributed by atoms with Gasteiger partial charge in [-0.2, -0.15) is 0 Å². The van der Waals surface area contributed by atoms with Crippen LogP contribution >= 0.6 is 0 Å². The van der Waals surface area contributed by atoms with Crippen LogP contribution in [-0.2, 0) is 52.4 Å². The van der Waals surface area contributed by atoms with E-state index in [2.05, 4.69) is 4.74 Å². The van der Waals surface area contributed by atoms with Crippen LogP contribution in [0, 0.1) is 28.6 Å². The van der Waals surface area contributed by atoms with Crippen LogP contribution in [0.25, 0.3) is 0 Å². The van der Waals surface area contributed by atoms with E-state index in [-0.39, 0.29) is 25.2 Å². The van der Waals surface area contributed by atoms with E-state index in [0.29, 0.717) is 11.1 Å². The average molecular weight is 593 g/mol. The van der Waals surface area contributed by atoms with Gasteiger partial charge in [0.05, 0.1) is 32.8 Å². The molecule has 2 N–H and O–H groups in total. The van der Waals surface area contributed by atoms with E-state index < -0.39 is 94.9 Å². The number of ether oxygens (including phenoxy) is 6. The van der Waals surface area contributed by atoms with Crippen LogP contribution in [0.5, 0.6) is 0 Å². The molecule has 1 spiro atoms. The molecule has 2 saturated heterocycles. The number of rotatable bonds is 6. The van der Waals surface area contributed by atoms with Crippen molar-refractivity contribution in [2.24, 2.45) is 28.6 Å². The lowest BCUT2D eigenvalue weighted by Gasteiger charge is -2.67. The molecule has 2 saturated carbocycles. The van der Waals surface area contributed by atoms with Crippen LogP contribution in [0.2, 0.25) is 0 Å². The minimum atomic E-state index is -2.25. The number of hydrogen-bond donors (Lipinski definition) is 2. The maximum atomic E-state index is 13.6. The smallest absolute Gasteiger partial charge is 0.348 e. The highest BCUT2D eigenvalue weighted by atomic mass is 16.6. The monoisotopic (exact) mass is 592 g/mol. The number of aliphatic hydroxyl groups is 2. The van der Waals surface area contributed by atoms with Gasteiger partial charge in [-0.3, -0.25) is 4.79 Å². The fourth-order valence-corrected chi connectivity index (χ4v) is 8.62. The summed E-state index contributed by atoms with van der Waals surface area (Å²) in [7, 11) is 2.28. The summed E-state index contributed by atoms with van der Waals surface area (Å²) in [6.45, 7) is 6.06. The Morgan fingerprint density at radius 1 is 1.10 bits per heavy atom. The number of allylic oxidation sites excluding steroid dienone is 3. The first kappa shape index (κ1) is 30.2. The van der Waals surface area contributed by atoms with Crippen LogP contribution in [0.15, 0.2) is 23.0 Å². The van der Waals surface area contributed by atoms with Crippen molar-refractivity contribution in [2.75, 3.05) is 27.4 Å². The summed E-state index contributed by atoms with van der Waals surface area (Å²) in [4.78, 5) is 65.0. The summed E-state index contributed by atoms with van der Waals surface area (Å²) in [5.41, 5.74) is -3.56. The van der Waals surface area contributed by atoms with Gasteiger partial charge in [-0.05, 0) is 44.1 Å². The lowest BCUT2D eigenvalue weighted by atomic mass is 9.38. The van der Waals surface area contributed by atoms with Crippen LogP contribution in [-0.4, -0.2) is 97.3 Å². The van der Waals surface area contributed by atoms with E-state index in [1.807, 2.05) is 0 Å². The van der Waals surface area contributed by atoms with E-state index in [1.165, 1.54) is 13.2 Å². The summed E-state index contributed by atoms with van der Waals surface area (Å²) >= 11 is 0. The molecule has 5 aliphatic rings. The van der Waals surface area contributed by atoms with Gasteiger partial charge in [0.25, 0.3) is 0 Å². The van der Waals surface area contributed by atoms with Gasteiger partial charge >= 0.3 is 23.9 Å². The summed E-state index contributed by atoms with van der Waals surface area (Å²) in [6, 6.07) is 0. The van der Waals surface area contributed by atoms with Crippen LogP contribution in [0.3, 0.4) is 0 Å². The topological polar surface area (TPSA) is 181 Å². The lowest BCUT2D eigenvalue weighted by molar-refractivity contribution is -0.290. The fourth-order valence-electron chi connectivity index (χ4n) is 8.62. The van der Waals surface area contributed by atoms with Gasteiger partial charge in [-0.25, -0.2) is 19.2 Å². The molecule has 13 nitrogen and oxygen atoms in total. The minimum Gasteiger partial charge on any atom is -0.478 e. The van der Waals surface area contributed by atoms with Crippen LogP contribution < -0.4 is 0 Å². The molecule has 1 unspecified atom stereocenters. The Kier molecular flexibility index (Phi) is 7.30. The zero-order chi connectivity index (χ0) is 30.9. The molecule has 13 heteroatoms. The van der Waals surface area contributed by atoms with Gasteiger partial charge in [0.2, 0.25) is 11.7 Å². The molecule has 5 rings (SSSR count). The number of Topliss-reactive ketones (excluding diaryl/α,β-unsaturated/α-hetero) is 1. The van der Waals surface area contributed by atoms with Crippen molar-refractivity contribution in [1.82, 2.24) is 0 Å². The first-order chi connectivity index (χ1) is 19.7. The van der Waals surface area contributed by atoms with E-state index in [1.54, 1.807) is 27.7 Å². The molecule has 4 fully saturated rings. The van der Waals surface area contributed by atoms with Gasteiger partial charge in [0.15, 0.2) is 18.1 Å². The van der Waals surface area contributed by atoms with E-state index in [9.17, 15) is 34.2 Å². The highest BCUT2D eigenvalue weighted by Gasteiger charge is 2.85. The number of aliphatic hydroxyl groups excluding tert-OH is 2. The first-order valence-corrected chi connectivity index (χ1v) is 13.8. The molecule has 2 heterocycles. The third-order valence-corrected chi connectivity index (χ3v) is 10.0. The van der Waals surface area contributed by atoms with Crippen LogP contribution in [0.4, 0.5) is 0 Å². The van der Waals surface area contributed by atoms with Crippen molar-refractivity contribution < 1.29 is 62.6 Å². The fraction of sp³-hybridized carbons (Fsp3) is 0.690. The largest absolute Gasteiger partial charge is 0.478 e. The SMILES string of the molecule is COC(=O)COC1=C(C)[C@@H]2C[C@H]3OC(=O)[C@H](OC(=O)C=C(C)C)[C@H]4[C@]5(C(=O)OC)OC[C@]34C([C@@H](O)[C@@H]5O)[C@@]2(C)CC1=O.